The average Bonchev–Trinajstić information content (AvgIpc) is 2.32. The minimum Gasteiger partial charge on any atom is -0.480 e. The lowest BCUT2D eigenvalue weighted by Crippen LogP contribution is -2.40. The van der Waals surface area contributed by atoms with Gasteiger partial charge in [0.2, 0.25) is 0 Å². The highest BCUT2D eigenvalue weighted by Gasteiger charge is 2.18. The molecule has 1 aromatic rings. The van der Waals surface area contributed by atoms with Crippen LogP contribution in [0.4, 0.5) is 0 Å². The van der Waals surface area contributed by atoms with Crippen LogP contribution in [0.5, 0.6) is 0 Å². The van der Waals surface area contributed by atoms with E-state index in [2.05, 4.69) is 24.4 Å². The maximum Gasteiger partial charge on any atom is 0.320 e. The largest absolute Gasteiger partial charge is 0.480 e. The Kier molecular flexibility index (Phi) is 5.57. The molecule has 0 amide bonds. The predicted octanol–water partition coefficient (Wildman–Crippen LogP) is 2.21. The standard InChI is InChI=1S/C7H8.C6H11NO2/c1-7-5-3-2-4-6-7;8-6(9)5-3-1-2-4-7-5/h2-6H,1H3;5,7H,1-4H2,(H,8,9). The topological polar surface area (TPSA) is 49.3 Å². The highest BCUT2D eigenvalue weighted by Crippen LogP contribution is 2.05. The molecule has 1 fully saturated rings. The van der Waals surface area contributed by atoms with Gasteiger partial charge in [-0.2, -0.15) is 0 Å². The van der Waals surface area contributed by atoms with E-state index < -0.39 is 5.97 Å². The van der Waals surface area contributed by atoms with Gasteiger partial charge in [0, 0.05) is 0 Å². The second-order valence-electron chi connectivity index (χ2n) is 4.00. The molecule has 1 unspecified atom stereocenters. The molecule has 1 heterocycles. The van der Waals surface area contributed by atoms with Crippen molar-refractivity contribution in [3.8, 4) is 0 Å². The summed E-state index contributed by atoms with van der Waals surface area (Å²) in [4.78, 5) is 10.3. The molecule has 1 aliphatic rings. The number of hydrogen-bond acceptors (Lipinski definition) is 2. The zero-order chi connectivity index (χ0) is 11.8. The van der Waals surface area contributed by atoms with Gasteiger partial charge in [0.15, 0.2) is 0 Å². The van der Waals surface area contributed by atoms with Crippen molar-refractivity contribution in [1.82, 2.24) is 5.32 Å². The van der Waals surface area contributed by atoms with Gasteiger partial charge in [-0.3, -0.25) is 4.79 Å². The number of rotatable bonds is 1. The van der Waals surface area contributed by atoms with Crippen LogP contribution in [0.3, 0.4) is 0 Å². The Balaban J connectivity index is 0.000000165. The first-order valence-corrected chi connectivity index (χ1v) is 5.68. The Morgan fingerprint density at radius 1 is 1.31 bits per heavy atom. The molecule has 3 nitrogen and oxygen atoms in total. The Morgan fingerprint density at radius 3 is 2.31 bits per heavy atom. The Labute approximate surface area is 96.5 Å². The van der Waals surface area contributed by atoms with Gasteiger partial charge in [-0.1, -0.05) is 42.3 Å². The van der Waals surface area contributed by atoms with Gasteiger partial charge in [0.25, 0.3) is 0 Å². The molecular weight excluding hydrogens is 202 g/mol. The molecular formula is C13H19NO2. The summed E-state index contributed by atoms with van der Waals surface area (Å²) in [6.45, 7) is 2.94. The SMILES string of the molecule is Cc1ccccc1.O=C(O)C1CCCCN1. The summed E-state index contributed by atoms with van der Waals surface area (Å²) in [5.41, 5.74) is 1.32. The van der Waals surface area contributed by atoms with E-state index in [0.717, 1.165) is 25.8 Å². The van der Waals surface area contributed by atoms with Crippen molar-refractivity contribution in [2.24, 2.45) is 0 Å². The molecule has 3 heteroatoms. The van der Waals surface area contributed by atoms with Crippen molar-refractivity contribution in [3.63, 3.8) is 0 Å². The van der Waals surface area contributed by atoms with E-state index in [4.69, 9.17) is 5.11 Å². The van der Waals surface area contributed by atoms with Crippen molar-refractivity contribution in [1.29, 1.82) is 0 Å². The van der Waals surface area contributed by atoms with Gasteiger partial charge in [-0.15, -0.1) is 0 Å². The van der Waals surface area contributed by atoms with E-state index in [9.17, 15) is 4.79 Å². The summed E-state index contributed by atoms with van der Waals surface area (Å²) in [6, 6.07) is 9.98. The van der Waals surface area contributed by atoms with Gasteiger partial charge < -0.3 is 10.4 Å². The molecule has 0 bridgehead atoms. The van der Waals surface area contributed by atoms with Crippen molar-refractivity contribution in [3.05, 3.63) is 35.9 Å². The molecule has 0 aromatic heterocycles. The normalized spacial score (nSPS) is 19.4. The maximum absolute atomic E-state index is 10.3. The minimum atomic E-state index is -0.713. The third-order valence-corrected chi connectivity index (χ3v) is 2.55. The second-order valence-corrected chi connectivity index (χ2v) is 4.00. The summed E-state index contributed by atoms with van der Waals surface area (Å²) in [5.74, 6) is -0.713. The van der Waals surface area contributed by atoms with Crippen molar-refractivity contribution in [2.75, 3.05) is 6.54 Å². The van der Waals surface area contributed by atoms with E-state index >= 15 is 0 Å². The third-order valence-electron chi connectivity index (χ3n) is 2.55. The molecule has 1 atom stereocenters. The van der Waals surface area contributed by atoms with Crippen LogP contribution in [0, 0.1) is 6.92 Å². The highest BCUT2D eigenvalue weighted by molar-refractivity contribution is 5.73. The molecule has 2 N–H and O–H groups in total. The fraction of sp³-hybridized carbons (Fsp3) is 0.462. The smallest absolute Gasteiger partial charge is 0.320 e. The number of aliphatic carboxylic acids is 1. The first-order chi connectivity index (χ1) is 7.70. The molecule has 1 aromatic carbocycles. The Hall–Kier alpha value is -1.35. The summed E-state index contributed by atoms with van der Waals surface area (Å²) >= 11 is 0. The average molecular weight is 221 g/mol. The summed E-state index contributed by atoms with van der Waals surface area (Å²) < 4.78 is 0. The minimum absolute atomic E-state index is 0.279. The molecule has 0 saturated carbocycles. The van der Waals surface area contributed by atoms with Crippen LogP contribution in [-0.2, 0) is 4.79 Å². The monoisotopic (exact) mass is 221 g/mol. The van der Waals surface area contributed by atoms with E-state index in [1.54, 1.807) is 0 Å². The van der Waals surface area contributed by atoms with Gasteiger partial charge >= 0.3 is 5.97 Å². The van der Waals surface area contributed by atoms with Crippen LogP contribution < -0.4 is 5.32 Å². The van der Waals surface area contributed by atoms with E-state index in [0.29, 0.717) is 0 Å². The lowest BCUT2D eigenvalue weighted by molar-refractivity contribution is -0.140. The molecule has 0 radical (unpaired) electrons. The van der Waals surface area contributed by atoms with E-state index in [1.165, 1.54) is 5.56 Å². The highest BCUT2D eigenvalue weighted by atomic mass is 16.4. The number of carboxylic acid groups (broad SMARTS) is 1. The zero-order valence-electron chi connectivity index (χ0n) is 9.65. The first-order valence-electron chi connectivity index (χ1n) is 5.68. The molecule has 1 saturated heterocycles. The van der Waals surface area contributed by atoms with Crippen LogP contribution in [0.25, 0.3) is 0 Å². The van der Waals surface area contributed by atoms with Gasteiger partial charge in [0.05, 0.1) is 0 Å². The van der Waals surface area contributed by atoms with Gasteiger partial charge in [-0.05, 0) is 26.3 Å². The molecule has 0 spiro atoms. The van der Waals surface area contributed by atoms with Crippen LogP contribution in [-0.4, -0.2) is 23.7 Å². The summed E-state index contributed by atoms with van der Waals surface area (Å²) in [7, 11) is 0. The molecule has 0 aliphatic carbocycles. The van der Waals surface area contributed by atoms with Crippen LogP contribution in [0.1, 0.15) is 24.8 Å². The van der Waals surface area contributed by atoms with Gasteiger partial charge in [0.1, 0.15) is 6.04 Å². The number of benzene rings is 1. The molecule has 2 rings (SSSR count). The predicted molar refractivity (Wildman–Crippen MR) is 64.5 cm³/mol. The second kappa shape index (κ2) is 7.01. The number of carbonyl (C=O) groups is 1. The van der Waals surface area contributed by atoms with Crippen LogP contribution >= 0.6 is 0 Å². The third kappa shape index (κ3) is 4.94. The molecule has 16 heavy (non-hydrogen) atoms. The van der Waals surface area contributed by atoms with Crippen LogP contribution in [0.15, 0.2) is 30.3 Å². The number of carboxylic acids is 1. The molecule has 1 aliphatic heterocycles. The lowest BCUT2D eigenvalue weighted by atomic mass is 10.1. The van der Waals surface area contributed by atoms with Crippen molar-refractivity contribution in [2.45, 2.75) is 32.2 Å². The summed E-state index contributed by atoms with van der Waals surface area (Å²) in [5, 5.41) is 11.4. The van der Waals surface area contributed by atoms with Gasteiger partial charge in [-0.25, -0.2) is 0 Å². The Bertz CT molecular complexity index is 305. The maximum atomic E-state index is 10.3. The number of nitrogens with one attached hydrogen (secondary N) is 1. The number of piperidine rings is 1. The van der Waals surface area contributed by atoms with E-state index in [-0.39, 0.29) is 6.04 Å². The lowest BCUT2D eigenvalue weighted by Gasteiger charge is -2.18. The van der Waals surface area contributed by atoms with Crippen molar-refractivity contribution < 1.29 is 9.90 Å². The quantitative estimate of drug-likeness (QED) is 0.764. The molecule has 88 valence electrons. The first kappa shape index (κ1) is 12.7. The zero-order valence-corrected chi connectivity index (χ0v) is 9.65. The summed E-state index contributed by atoms with van der Waals surface area (Å²) in [6.07, 6.45) is 2.95. The van der Waals surface area contributed by atoms with Crippen LogP contribution in [0.2, 0.25) is 0 Å². The van der Waals surface area contributed by atoms with Crippen molar-refractivity contribution >= 4 is 5.97 Å². The van der Waals surface area contributed by atoms with E-state index in [1.807, 2.05) is 18.2 Å². The fourth-order valence-corrected chi connectivity index (χ4v) is 1.60. The fourth-order valence-electron chi connectivity index (χ4n) is 1.60. The number of aryl methyl sites for hydroxylation is 1. The number of hydrogen-bond donors (Lipinski definition) is 2. The Morgan fingerprint density at radius 2 is 2.00 bits per heavy atom.